The van der Waals surface area contributed by atoms with Gasteiger partial charge in [-0.25, -0.2) is 13.2 Å². The number of carbonyl (C=O) groups excluding carboxylic acids is 1. The van der Waals surface area contributed by atoms with Gasteiger partial charge in [-0.1, -0.05) is 0 Å². The van der Waals surface area contributed by atoms with Crippen molar-refractivity contribution >= 4 is 33.8 Å². The molecule has 0 atom stereocenters. The molecule has 3 rings (SSSR count). The number of nitro groups is 1. The summed E-state index contributed by atoms with van der Waals surface area (Å²) in [4.78, 5) is 22.7. The molecule has 1 saturated heterocycles. The monoisotopic (exact) mass is 536 g/mol. The number of hydrogen-bond acceptors (Lipinski definition) is 11. The van der Waals surface area contributed by atoms with Gasteiger partial charge in [-0.05, 0) is 56.7 Å². The Morgan fingerprint density at radius 2 is 1.86 bits per heavy atom. The van der Waals surface area contributed by atoms with E-state index in [1.54, 1.807) is 26.8 Å². The first kappa shape index (κ1) is 27.8. The van der Waals surface area contributed by atoms with Crippen molar-refractivity contribution in [3.8, 4) is 11.5 Å². The maximum absolute atomic E-state index is 12.8. The van der Waals surface area contributed by atoms with Crippen LogP contribution in [0.1, 0.15) is 26.3 Å². The largest absolute Gasteiger partial charge is 0.514 e. The Bertz CT molecular complexity index is 1280. The van der Waals surface area contributed by atoms with Crippen molar-refractivity contribution in [2.75, 3.05) is 38.8 Å². The van der Waals surface area contributed by atoms with Crippen LogP contribution in [0.2, 0.25) is 0 Å². The Labute approximate surface area is 214 Å². The molecule has 0 bridgehead atoms. The highest BCUT2D eigenvalue weighted by Gasteiger charge is 2.29. The van der Waals surface area contributed by atoms with Gasteiger partial charge >= 0.3 is 6.16 Å². The summed E-state index contributed by atoms with van der Waals surface area (Å²) in [5.74, 6) is 0.369. The molecule has 0 amide bonds. The van der Waals surface area contributed by atoms with Gasteiger partial charge in [0.05, 0.1) is 36.4 Å². The molecule has 2 aromatic rings. The van der Waals surface area contributed by atoms with Crippen molar-refractivity contribution in [2.24, 2.45) is 5.10 Å². The van der Waals surface area contributed by atoms with Crippen molar-refractivity contribution in [1.82, 2.24) is 4.31 Å². The third-order valence-electron chi connectivity index (χ3n) is 4.94. The molecule has 1 heterocycles. The minimum atomic E-state index is -3.91. The van der Waals surface area contributed by atoms with E-state index < -0.39 is 32.4 Å². The van der Waals surface area contributed by atoms with Gasteiger partial charge in [0, 0.05) is 19.2 Å². The Hall–Kier alpha value is -3.75. The lowest BCUT2D eigenvalue weighted by atomic mass is 10.2. The van der Waals surface area contributed by atoms with Crippen LogP contribution in [0.25, 0.3) is 0 Å². The fourth-order valence-electron chi connectivity index (χ4n) is 3.24. The molecule has 1 N–H and O–H groups in total. The Morgan fingerprint density at radius 3 is 2.49 bits per heavy atom. The highest BCUT2D eigenvalue weighted by Crippen LogP contribution is 2.30. The predicted octanol–water partition coefficient (Wildman–Crippen LogP) is 3.38. The second-order valence-corrected chi connectivity index (χ2v) is 10.7. The van der Waals surface area contributed by atoms with E-state index in [1.165, 1.54) is 41.9 Å². The SMILES string of the molecule is COc1cc(/C=N/Nc2ccc(S(=O)(=O)N3CCOCC3)cc2[N+](=O)[O-])ccc1OC(=O)OC(C)(C)C. The molecule has 1 fully saturated rings. The lowest BCUT2D eigenvalue weighted by Crippen LogP contribution is -2.40. The van der Waals surface area contributed by atoms with Crippen LogP contribution in [0.5, 0.6) is 11.5 Å². The maximum atomic E-state index is 12.8. The average molecular weight is 537 g/mol. The molecule has 0 unspecified atom stereocenters. The number of ether oxygens (including phenoxy) is 4. The van der Waals surface area contributed by atoms with Gasteiger partial charge in [-0.3, -0.25) is 15.5 Å². The molecule has 200 valence electrons. The summed E-state index contributed by atoms with van der Waals surface area (Å²) in [7, 11) is -2.51. The van der Waals surface area contributed by atoms with E-state index in [0.29, 0.717) is 5.56 Å². The van der Waals surface area contributed by atoms with Crippen molar-refractivity contribution in [1.29, 1.82) is 0 Å². The molecule has 0 saturated carbocycles. The lowest BCUT2D eigenvalue weighted by molar-refractivity contribution is -0.384. The van der Waals surface area contributed by atoms with Crippen LogP contribution in [0, 0.1) is 10.1 Å². The zero-order valence-electron chi connectivity index (χ0n) is 20.8. The summed E-state index contributed by atoms with van der Waals surface area (Å²) < 4.78 is 47.6. The van der Waals surface area contributed by atoms with E-state index in [0.717, 1.165) is 6.07 Å². The molecule has 13 nitrogen and oxygen atoms in total. The number of rotatable bonds is 8. The first-order valence-electron chi connectivity index (χ1n) is 11.1. The first-order valence-corrected chi connectivity index (χ1v) is 12.6. The molecular weight excluding hydrogens is 508 g/mol. The van der Waals surface area contributed by atoms with E-state index in [2.05, 4.69) is 10.5 Å². The Kier molecular flexibility index (Phi) is 8.68. The minimum Gasteiger partial charge on any atom is -0.493 e. The highest BCUT2D eigenvalue weighted by atomic mass is 32.2. The topological polar surface area (TPSA) is 159 Å². The molecule has 0 aromatic heterocycles. The number of hydrazone groups is 1. The number of benzene rings is 2. The summed E-state index contributed by atoms with van der Waals surface area (Å²) in [6.07, 6.45) is 0.474. The van der Waals surface area contributed by atoms with Gasteiger partial charge in [-0.15, -0.1) is 0 Å². The van der Waals surface area contributed by atoms with Gasteiger partial charge in [0.2, 0.25) is 10.0 Å². The summed E-state index contributed by atoms with van der Waals surface area (Å²) in [6.45, 7) is 5.98. The number of methoxy groups -OCH3 is 1. The van der Waals surface area contributed by atoms with Gasteiger partial charge in [0.15, 0.2) is 11.5 Å². The van der Waals surface area contributed by atoms with E-state index >= 15 is 0 Å². The predicted molar refractivity (Wildman–Crippen MR) is 134 cm³/mol. The summed E-state index contributed by atoms with van der Waals surface area (Å²) in [5.41, 5.74) is 1.91. The standard InChI is InChI=1S/C23H28N4O9S/c1-23(2,3)36-22(28)35-20-8-5-16(13-21(20)33-4)15-24-25-18-7-6-17(14-19(18)27(29)30)37(31,32)26-9-11-34-12-10-26/h5-8,13-15,25H,9-12H2,1-4H3/b24-15+. The van der Waals surface area contributed by atoms with Gasteiger partial charge < -0.3 is 18.9 Å². The van der Waals surface area contributed by atoms with Crippen LogP contribution < -0.4 is 14.9 Å². The molecule has 0 aliphatic carbocycles. The van der Waals surface area contributed by atoms with Crippen LogP contribution in [0.4, 0.5) is 16.2 Å². The zero-order valence-corrected chi connectivity index (χ0v) is 21.6. The number of sulfonamides is 1. The number of hydrogen-bond donors (Lipinski definition) is 1. The first-order chi connectivity index (χ1) is 17.4. The summed E-state index contributed by atoms with van der Waals surface area (Å²) in [5, 5.41) is 15.6. The van der Waals surface area contributed by atoms with Crippen LogP contribution in [0.15, 0.2) is 46.4 Å². The smallest absolute Gasteiger partial charge is 0.493 e. The summed E-state index contributed by atoms with van der Waals surface area (Å²) >= 11 is 0. The molecule has 37 heavy (non-hydrogen) atoms. The van der Waals surface area contributed by atoms with Crippen molar-refractivity contribution in [3.63, 3.8) is 0 Å². The summed E-state index contributed by atoms with van der Waals surface area (Å²) in [6, 6.07) is 8.16. The van der Waals surface area contributed by atoms with Crippen LogP contribution in [0.3, 0.4) is 0 Å². The fraction of sp³-hybridized carbons (Fsp3) is 0.391. The van der Waals surface area contributed by atoms with E-state index in [-0.39, 0.29) is 48.4 Å². The third-order valence-corrected chi connectivity index (χ3v) is 6.84. The second kappa shape index (κ2) is 11.5. The molecule has 14 heteroatoms. The number of nitrogens with zero attached hydrogens (tertiary/aromatic N) is 3. The van der Waals surface area contributed by atoms with E-state index in [4.69, 9.17) is 18.9 Å². The Balaban J connectivity index is 1.75. The van der Waals surface area contributed by atoms with Crippen LogP contribution >= 0.6 is 0 Å². The quantitative estimate of drug-likeness (QED) is 0.174. The number of morpholine rings is 1. The lowest BCUT2D eigenvalue weighted by Gasteiger charge is -2.26. The van der Waals surface area contributed by atoms with Crippen LogP contribution in [-0.4, -0.2) is 69.0 Å². The molecule has 0 radical (unpaired) electrons. The van der Waals surface area contributed by atoms with Crippen LogP contribution in [-0.2, 0) is 19.5 Å². The Morgan fingerprint density at radius 1 is 1.16 bits per heavy atom. The average Bonchev–Trinajstić information content (AvgIpc) is 2.84. The second-order valence-electron chi connectivity index (χ2n) is 8.80. The molecule has 0 spiro atoms. The maximum Gasteiger partial charge on any atom is 0.514 e. The van der Waals surface area contributed by atoms with Gasteiger partial charge in [-0.2, -0.15) is 9.41 Å². The molecule has 1 aliphatic heterocycles. The number of anilines is 1. The number of nitrogens with one attached hydrogen (secondary N) is 1. The van der Waals surface area contributed by atoms with Gasteiger partial charge in [0.1, 0.15) is 11.3 Å². The fourth-order valence-corrected chi connectivity index (χ4v) is 4.67. The zero-order chi connectivity index (χ0) is 27.2. The van der Waals surface area contributed by atoms with Gasteiger partial charge in [0.25, 0.3) is 5.69 Å². The highest BCUT2D eigenvalue weighted by molar-refractivity contribution is 7.89. The van der Waals surface area contributed by atoms with Crippen molar-refractivity contribution in [3.05, 3.63) is 52.1 Å². The number of carbonyl (C=O) groups is 1. The number of nitro benzene ring substituents is 1. The molecule has 2 aromatic carbocycles. The van der Waals surface area contributed by atoms with E-state index in [9.17, 15) is 23.3 Å². The minimum absolute atomic E-state index is 0.000906. The molecule has 1 aliphatic rings. The van der Waals surface area contributed by atoms with E-state index in [1.807, 2.05) is 0 Å². The van der Waals surface area contributed by atoms with Crippen molar-refractivity contribution in [2.45, 2.75) is 31.3 Å². The van der Waals surface area contributed by atoms with Crippen molar-refractivity contribution < 1.29 is 37.1 Å². The molecular formula is C23H28N4O9S. The normalized spacial score (nSPS) is 14.8. The third kappa shape index (κ3) is 7.38.